The van der Waals surface area contributed by atoms with E-state index in [1.165, 1.54) is 0 Å². The van der Waals surface area contributed by atoms with Gasteiger partial charge in [0, 0.05) is 22.6 Å². The number of hydrogen-bond donors (Lipinski definition) is 1. The molecule has 0 spiro atoms. The van der Waals surface area contributed by atoms with Crippen LogP contribution in [0.15, 0.2) is 42.7 Å². The Bertz CT molecular complexity index is 823. The number of aliphatic carboxylic acids is 1. The molecule has 1 atom stereocenters. The molecule has 0 aliphatic heterocycles. The van der Waals surface area contributed by atoms with Crippen LogP contribution >= 0.6 is 11.3 Å². The second kappa shape index (κ2) is 6.34. The minimum Gasteiger partial charge on any atom is -0.481 e. The number of para-hydroxylation sites is 1. The van der Waals surface area contributed by atoms with Gasteiger partial charge in [0.1, 0.15) is 0 Å². The lowest BCUT2D eigenvalue weighted by atomic mass is 10.0. The molecule has 2 heterocycles. The minimum atomic E-state index is -0.797. The fourth-order valence-electron chi connectivity index (χ4n) is 2.51. The fraction of sp³-hybridized carbons (Fsp3) is 0.235. The molecule has 1 unspecified atom stereocenters. The van der Waals surface area contributed by atoms with Crippen LogP contribution in [0.25, 0.3) is 16.9 Å². The van der Waals surface area contributed by atoms with Crippen LogP contribution in [0.2, 0.25) is 0 Å². The number of benzene rings is 1. The topological polar surface area (TPSA) is 68.0 Å². The van der Waals surface area contributed by atoms with E-state index < -0.39 is 5.97 Å². The molecule has 0 bridgehead atoms. The van der Waals surface area contributed by atoms with E-state index in [0.717, 1.165) is 26.8 Å². The van der Waals surface area contributed by atoms with E-state index in [0.29, 0.717) is 0 Å². The number of aryl methyl sites for hydroxylation is 1. The van der Waals surface area contributed by atoms with Crippen LogP contribution in [0.5, 0.6) is 0 Å². The Kier molecular flexibility index (Phi) is 4.25. The van der Waals surface area contributed by atoms with Gasteiger partial charge in [-0.1, -0.05) is 25.1 Å². The van der Waals surface area contributed by atoms with Gasteiger partial charge >= 0.3 is 5.97 Å². The van der Waals surface area contributed by atoms with E-state index in [2.05, 4.69) is 10.1 Å². The number of carboxylic acid groups (broad SMARTS) is 1. The predicted molar refractivity (Wildman–Crippen MR) is 90.1 cm³/mol. The summed E-state index contributed by atoms with van der Waals surface area (Å²) in [7, 11) is 0. The first-order chi connectivity index (χ1) is 11.0. The first-order valence-electron chi connectivity index (χ1n) is 7.34. The van der Waals surface area contributed by atoms with E-state index in [4.69, 9.17) is 5.11 Å². The first kappa shape index (κ1) is 15.4. The number of carbonyl (C=O) groups is 1. The standard InChI is InChI=1S/C17H17N3O2S/c1-11(8-15(21)22)17-16(19-12(2)23-17)13-9-18-20(10-13)14-6-4-3-5-7-14/h3-7,9-11H,8H2,1-2H3,(H,21,22). The molecule has 0 aliphatic carbocycles. The maximum absolute atomic E-state index is 11.0. The van der Waals surface area contributed by atoms with Crippen molar-refractivity contribution < 1.29 is 9.90 Å². The van der Waals surface area contributed by atoms with Crippen molar-refractivity contribution >= 4 is 17.3 Å². The van der Waals surface area contributed by atoms with Crippen molar-refractivity contribution in [2.24, 2.45) is 0 Å². The molecule has 2 aromatic heterocycles. The van der Waals surface area contributed by atoms with Crippen LogP contribution in [0, 0.1) is 6.92 Å². The zero-order valence-corrected chi connectivity index (χ0v) is 13.7. The van der Waals surface area contributed by atoms with Crippen molar-refractivity contribution in [3.8, 4) is 16.9 Å². The van der Waals surface area contributed by atoms with Crippen LogP contribution in [-0.4, -0.2) is 25.8 Å². The van der Waals surface area contributed by atoms with E-state index in [9.17, 15) is 4.79 Å². The molecule has 23 heavy (non-hydrogen) atoms. The first-order valence-corrected chi connectivity index (χ1v) is 8.16. The number of hydrogen-bond acceptors (Lipinski definition) is 4. The van der Waals surface area contributed by atoms with Crippen molar-refractivity contribution in [2.75, 3.05) is 0 Å². The summed E-state index contributed by atoms with van der Waals surface area (Å²) in [5.41, 5.74) is 2.72. The van der Waals surface area contributed by atoms with Gasteiger partial charge in [-0.05, 0) is 19.1 Å². The molecule has 0 radical (unpaired) electrons. The monoisotopic (exact) mass is 327 g/mol. The predicted octanol–water partition coefficient (Wildman–Crippen LogP) is 3.88. The Morgan fingerprint density at radius 2 is 2.09 bits per heavy atom. The van der Waals surface area contributed by atoms with Crippen LogP contribution < -0.4 is 0 Å². The summed E-state index contributed by atoms with van der Waals surface area (Å²) in [6.45, 7) is 3.86. The molecule has 3 rings (SSSR count). The van der Waals surface area contributed by atoms with E-state index >= 15 is 0 Å². The largest absolute Gasteiger partial charge is 0.481 e. The molecule has 0 aliphatic rings. The average molecular weight is 327 g/mol. The van der Waals surface area contributed by atoms with Gasteiger partial charge in [-0.25, -0.2) is 9.67 Å². The zero-order valence-electron chi connectivity index (χ0n) is 12.9. The van der Waals surface area contributed by atoms with Gasteiger partial charge in [0.2, 0.25) is 0 Å². The number of nitrogens with zero attached hydrogens (tertiary/aromatic N) is 3. The number of aromatic nitrogens is 3. The van der Waals surface area contributed by atoms with Gasteiger partial charge in [-0.15, -0.1) is 11.3 Å². The van der Waals surface area contributed by atoms with Crippen LogP contribution in [0.3, 0.4) is 0 Å². The molecule has 5 nitrogen and oxygen atoms in total. The van der Waals surface area contributed by atoms with Crippen LogP contribution in [-0.2, 0) is 4.79 Å². The lowest BCUT2D eigenvalue weighted by molar-refractivity contribution is -0.137. The molecule has 0 saturated heterocycles. The number of rotatable bonds is 5. The summed E-state index contributed by atoms with van der Waals surface area (Å²) >= 11 is 1.55. The molecule has 0 amide bonds. The maximum atomic E-state index is 11.0. The molecule has 1 aromatic carbocycles. The Balaban J connectivity index is 1.97. The van der Waals surface area contributed by atoms with E-state index in [1.54, 1.807) is 22.2 Å². The fourth-order valence-corrected chi connectivity index (χ4v) is 3.51. The highest BCUT2D eigenvalue weighted by Gasteiger charge is 2.20. The Hall–Kier alpha value is -2.47. The normalized spacial score (nSPS) is 12.3. The molecule has 118 valence electrons. The molecule has 1 N–H and O–H groups in total. The van der Waals surface area contributed by atoms with E-state index in [-0.39, 0.29) is 12.3 Å². The SMILES string of the molecule is Cc1nc(-c2cnn(-c3ccccc3)c2)c(C(C)CC(=O)O)s1. The van der Waals surface area contributed by atoms with Crippen molar-refractivity contribution in [1.29, 1.82) is 0 Å². The summed E-state index contributed by atoms with van der Waals surface area (Å²) in [6, 6.07) is 9.85. The second-order valence-electron chi connectivity index (χ2n) is 5.45. The van der Waals surface area contributed by atoms with Crippen molar-refractivity contribution in [3.05, 3.63) is 52.6 Å². The van der Waals surface area contributed by atoms with Crippen LogP contribution in [0.4, 0.5) is 0 Å². The smallest absolute Gasteiger partial charge is 0.303 e. The van der Waals surface area contributed by atoms with Gasteiger partial charge in [-0.2, -0.15) is 5.10 Å². The molecular formula is C17H17N3O2S. The molecule has 0 fully saturated rings. The van der Waals surface area contributed by atoms with Gasteiger partial charge < -0.3 is 5.11 Å². The summed E-state index contributed by atoms with van der Waals surface area (Å²) in [6.07, 6.45) is 3.81. The Labute approximate surface area is 138 Å². The lowest BCUT2D eigenvalue weighted by Gasteiger charge is -2.07. The summed E-state index contributed by atoms with van der Waals surface area (Å²) in [5, 5.41) is 14.4. The number of thiazole rings is 1. The Morgan fingerprint density at radius 3 is 2.78 bits per heavy atom. The van der Waals surface area contributed by atoms with Crippen molar-refractivity contribution in [2.45, 2.75) is 26.2 Å². The third kappa shape index (κ3) is 3.32. The summed E-state index contributed by atoms with van der Waals surface area (Å²) in [5.74, 6) is -0.872. The summed E-state index contributed by atoms with van der Waals surface area (Å²) < 4.78 is 1.80. The maximum Gasteiger partial charge on any atom is 0.303 e. The highest BCUT2D eigenvalue weighted by molar-refractivity contribution is 7.12. The lowest BCUT2D eigenvalue weighted by Crippen LogP contribution is -2.02. The summed E-state index contributed by atoms with van der Waals surface area (Å²) in [4.78, 5) is 16.6. The number of carboxylic acids is 1. The van der Waals surface area contributed by atoms with Gasteiger partial charge in [0.15, 0.2) is 0 Å². The molecule has 3 aromatic rings. The minimum absolute atomic E-state index is 0.0752. The second-order valence-corrected chi connectivity index (χ2v) is 6.69. The third-order valence-electron chi connectivity index (χ3n) is 3.57. The van der Waals surface area contributed by atoms with Gasteiger partial charge in [0.05, 0.1) is 29.0 Å². The molecule has 6 heteroatoms. The van der Waals surface area contributed by atoms with Crippen molar-refractivity contribution in [1.82, 2.24) is 14.8 Å². The average Bonchev–Trinajstić information content (AvgIpc) is 3.14. The quantitative estimate of drug-likeness (QED) is 0.772. The Morgan fingerprint density at radius 1 is 1.35 bits per heavy atom. The van der Waals surface area contributed by atoms with Gasteiger partial charge in [0.25, 0.3) is 0 Å². The highest BCUT2D eigenvalue weighted by Crippen LogP contribution is 2.35. The van der Waals surface area contributed by atoms with Crippen molar-refractivity contribution in [3.63, 3.8) is 0 Å². The third-order valence-corrected chi connectivity index (χ3v) is 4.77. The van der Waals surface area contributed by atoms with E-state index in [1.807, 2.05) is 50.4 Å². The molecular weight excluding hydrogens is 310 g/mol. The molecule has 0 saturated carbocycles. The highest BCUT2D eigenvalue weighted by atomic mass is 32.1. The van der Waals surface area contributed by atoms with Crippen LogP contribution in [0.1, 0.15) is 29.1 Å². The van der Waals surface area contributed by atoms with Gasteiger partial charge in [-0.3, -0.25) is 4.79 Å². The zero-order chi connectivity index (χ0) is 16.4.